The first-order valence-corrected chi connectivity index (χ1v) is 7.53. The van der Waals surface area contributed by atoms with Crippen molar-refractivity contribution in [2.75, 3.05) is 22.9 Å². The molecule has 0 bridgehead atoms. The van der Waals surface area contributed by atoms with E-state index in [2.05, 4.69) is 0 Å². The van der Waals surface area contributed by atoms with Crippen LogP contribution < -0.4 is 9.80 Å². The van der Waals surface area contributed by atoms with Crippen LogP contribution in [0.1, 0.15) is 12.8 Å². The lowest BCUT2D eigenvalue weighted by Gasteiger charge is -2.21. The summed E-state index contributed by atoms with van der Waals surface area (Å²) in [6.07, 6.45) is -0.105. The lowest BCUT2D eigenvalue weighted by molar-refractivity contribution is -0.142. The van der Waals surface area contributed by atoms with Crippen molar-refractivity contribution in [1.29, 1.82) is 0 Å². The second kappa shape index (κ2) is 5.95. The van der Waals surface area contributed by atoms with Crippen LogP contribution >= 0.6 is 0 Å². The zero-order valence-corrected chi connectivity index (χ0v) is 12.7. The maximum absolute atomic E-state index is 12.0. The number of carboxylic acids is 2. The van der Waals surface area contributed by atoms with Crippen LogP contribution in [0.25, 0.3) is 0 Å². The van der Waals surface area contributed by atoms with Crippen LogP contribution in [0.3, 0.4) is 0 Å². The van der Waals surface area contributed by atoms with Crippen molar-refractivity contribution in [3.8, 4) is 0 Å². The molecule has 2 aliphatic heterocycles. The Hall–Kier alpha value is -2.90. The number of carboxylic acid groups (broad SMARTS) is 2. The van der Waals surface area contributed by atoms with E-state index < -0.39 is 23.8 Å². The smallest absolute Gasteiger partial charge is 0.308 e. The van der Waals surface area contributed by atoms with E-state index in [0.717, 1.165) is 0 Å². The van der Waals surface area contributed by atoms with Crippen LogP contribution in [0.2, 0.25) is 0 Å². The monoisotopic (exact) mass is 332 g/mol. The SMILES string of the molecule is O=C(O)[C@@H]1CC(=O)N(c2cccc(N3C[C@H](C(=O)O)CC3=O)c2)C1. The molecule has 2 N–H and O–H groups in total. The number of hydrogen-bond donors (Lipinski definition) is 2. The third kappa shape index (κ3) is 2.82. The van der Waals surface area contributed by atoms with Gasteiger partial charge in [-0.2, -0.15) is 0 Å². The first-order chi connectivity index (χ1) is 11.4. The molecule has 2 heterocycles. The Morgan fingerprint density at radius 2 is 1.29 bits per heavy atom. The number of hydrogen-bond acceptors (Lipinski definition) is 4. The predicted molar refractivity (Wildman–Crippen MR) is 82.6 cm³/mol. The Labute approximate surface area is 137 Å². The van der Waals surface area contributed by atoms with E-state index in [1.807, 2.05) is 0 Å². The van der Waals surface area contributed by atoms with Gasteiger partial charge >= 0.3 is 11.9 Å². The number of anilines is 2. The molecule has 0 radical (unpaired) electrons. The van der Waals surface area contributed by atoms with Gasteiger partial charge in [0.25, 0.3) is 0 Å². The molecule has 1 aromatic rings. The second-order valence-electron chi connectivity index (χ2n) is 6.01. The molecular formula is C16H16N2O6. The molecular weight excluding hydrogens is 316 g/mol. The van der Waals surface area contributed by atoms with E-state index in [-0.39, 0.29) is 37.7 Å². The quantitative estimate of drug-likeness (QED) is 0.832. The Balaban J connectivity index is 1.83. The van der Waals surface area contributed by atoms with E-state index in [4.69, 9.17) is 10.2 Å². The summed E-state index contributed by atoms with van der Waals surface area (Å²) in [6.45, 7) is 0.173. The molecule has 2 saturated heterocycles. The predicted octanol–water partition coefficient (Wildman–Crippen LogP) is 0.562. The third-order valence-corrected chi connectivity index (χ3v) is 4.40. The van der Waals surface area contributed by atoms with Crippen LogP contribution in [0.4, 0.5) is 11.4 Å². The molecule has 0 aliphatic carbocycles. The lowest BCUT2D eigenvalue weighted by atomic mass is 10.1. The van der Waals surface area contributed by atoms with E-state index in [1.54, 1.807) is 24.3 Å². The minimum Gasteiger partial charge on any atom is -0.481 e. The van der Waals surface area contributed by atoms with Crippen LogP contribution in [-0.4, -0.2) is 47.1 Å². The number of amides is 2. The maximum atomic E-state index is 12.0. The molecule has 2 atom stereocenters. The molecule has 2 aliphatic rings. The summed E-state index contributed by atoms with van der Waals surface area (Å²) in [5.41, 5.74) is 1.01. The third-order valence-electron chi connectivity index (χ3n) is 4.40. The maximum Gasteiger partial charge on any atom is 0.308 e. The van der Waals surface area contributed by atoms with Crippen molar-refractivity contribution in [3.05, 3.63) is 24.3 Å². The van der Waals surface area contributed by atoms with Crippen molar-refractivity contribution in [2.45, 2.75) is 12.8 Å². The molecule has 1 aromatic carbocycles. The molecule has 0 aromatic heterocycles. The number of rotatable bonds is 4. The van der Waals surface area contributed by atoms with Gasteiger partial charge in [0.05, 0.1) is 11.8 Å². The fourth-order valence-corrected chi connectivity index (χ4v) is 3.07. The first-order valence-electron chi connectivity index (χ1n) is 7.53. The van der Waals surface area contributed by atoms with Gasteiger partial charge in [-0.25, -0.2) is 0 Å². The Morgan fingerprint density at radius 1 is 0.875 bits per heavy atom. The van der Waals surface area contributed by atoms with Crippen LogP contribution in [0, 0.1) is 11.8 Å². The van der Waals surface area contributed by atoms with Gasteiger partial charge in [0.1, 0.15) is 0 Å². The number of carbonyl (C=O) groups is 4. The first kappa shape index (κ1) is 16.0. The van der Waals surface area contributed by atoms with E-state index in [1.165, 1.54) is 9.80 Å². The molecule has 24 heavy (non-hydrogen) atoms. The van der Waals surface area contributed by atoms with Gasteiger partial charge in [-0.1, -0.05) is 6.07 Å². The normalized spacial score (nSPS) is 23.8. The molecule has 126 valence electrons. The standard InChI is InChI=1S/C16H16N2O6/c19-13-4-9(15(21)22)7-17(13)11-2-1-3-12(6-11)18-8-10(16(23)24)5-14(18)20/h1-3,6,9-10H,4-5,7-8H2,(H,21,22)(H,23,24)/t9-,10-/m1/s1. The fraction of sp³-hybridized carbons (Fsp3) is 0.375. The average molecular weight is 332 g/mol. The van der Waals surface area contributed by atoms with Crippen LogP contribution in [0.15, 0.2) is 24.3 Å². The van der Waals surface area contributed by atoms with E-state index in [9.17, 15) is 19.2 Å². The zero-order chi connectivity index (χ0) is 17.4. The van der Waals surface area contributed by atoms with Crippen LogP contribution in [0.5, 0.6) is 0 Å². The van der Waals surface area contributed by atoms with Crippen molar-refractivity contribution in [3.63, 3.8) is 0 Å². The molecule has 2 fully saturated rings. The molecule has 8 heteroatoms. The number of nitrogens with zero attached hydrogens (tertiary/aromatic N) is 2. The second-order valence-corrected chi connectivity index (χ2v) is 6.01. The van der Waals surface area contributed by atoms with Gasteiger partial charge in [-0.05, 0) is 18.2 Å². The minimum absolute atomic E-state index is 0.0523. The Bertz CT molecular complexity index is 674. The minimum atomic E-state index is -1.01. The van der Waals surface area contributed by atoms with Gasteiger partial charge < -0.3 is 20.0 Å². The number of benzene rings is 1. The number of carbonyl (C=O) groups excluding carboxylic acids is 2. The topological polar surface area (TPSA) is 115 Å². The highest BCUT2D eigenvalue weighted by atomic mass is 16.4. The molecule has 2 amide bonds. The largest absolute Gasteiger partial charge is 0.481 e. The fourth-order valence-electron chi connectivity index (χ4n) is 3.07. The lowest BCUT2D eigenvalue weighted by Crippen LogP contribution is -2.28. The summed E-state index contributed by atoms with van der Waals surface area (Å²) < 4.78 is 0. The molecule has 0 spiro atoms. The van der Waals surface area contributed by atoms with Crippen LogP contribution in [-0.2, 0) is 19.2 Å². The zero-order valence-electron chi connectivity index (χ0n) is 12.7. The average Bonchev–Trinajstić information content (AvgIpc) is 3.11. The summed E-state index contributed by atoms with van der Waals surface area (Å²) in [5, 5.41) is 18.1. The van der Waals surface area contributed by atoms with E-state index in [0.29, 0.717) is 11.4 Å². The van der Waals surface area contributed by atoms with E-state index >= 15 is 0 Å². The van der Waals surface area contributed by atoms with Gasteiger partial charge in [0.15, 0.2) is 0 Å². The van der Waals surface area contributed by atoms with Crippen molar-refractivity contribution in [2.24, 2.45) is 11.8 Å². The molecule has 0 unspecified atom stereocenters. The summed E-state index contributed by atoms with van der Waals surface area (Å²) >= 11 is 0. The molecule has 3 rings (SSSR count). The highest BCUT2D eigenvalue weighted by Gasteiger charge is 2.37. The summed E-state index contributed by atoms with van der Waals surface area (Å²) in [5.74, 6) is -4.08. The molecule has 0 saturated carbocycles. The summed E-state index contributed by atoms with van der Waals surface area (Å²) in [6, 6.07) is 6.61. The Kier molecular flexibility index (Phi) is 3.96. The van der Waals surface area contributed by atoms with Crippen molar-refractivity contribution in [1.82, 2.24) is 0 Å². The molecule has 8 nitrogen and oxygen atoms in total. The van der Waals surface area contributed by atoms with Gasteiger partial charge in [0.2, 0.25) is 11.8 Å². The highest BCUT2D eigenvalue weighted by Crippen LogP contribution is 2.31. The summed E-state index contributed by atoms with van der Waals surface area (Å²) in [4.78, 5) is 48.9. The van der Waals surface area contributed by atoms with Gasteiger partial charge in [0, 0.05) is 37.3 Å². The number of aliphatic carboxylic acids is 2. The Morgan fingerprint density at radius 3 is 1.62 bits per heavy atom. The highest BCUT2D eigenvalue weighted by molar-refractivity contribution is 6.02. The van der Waals surface area contributed by atoms with Crippen molar-refractivity contribution >= 4 is 35.1 Å². The van der Waals surface area contributed by atoms with Gasteiger partial charge in [-0.15, -0.1) is 0 Å². The van der Waals surface area contributed by atoms with Gasteiger partial charge in [-0.3, -0.25) is 19.2 Å². The summed E-state index contributed by atoms with van der Waals surface area (Å²) in [7, 11) is 0. The van der Waals surface area contributed by atoms with Crippen molar-refractivity contribution < 1.29 is 29.4 Å².